The molecule has 1 fully saturated rings. The highest BCUT2D eigenvalue weighted by Gasteiger charge is 2.46. The zero-order chi connectivity index (χ0) is 14.8. The lowest BCUT2D eigenvalue weighted by molar-refractivity contribution is -0.155. The number of ether oxygens (including phenoxy) is 1. The Balaban J connectivity index is 3.04. The first-order valence-electron chi connectivity index (χ1n) is 6.80. The number of rotatable bonds is 4. The summed E-state index contributed by atoms with van der Waals surface area (Å²) in [5.74, 6) is 0.0101. The second-order valence-corrected chi connectivity index (χ2v) is 6.52. The van der Waals surface area contributed by atoms with Crippen molar-refractivity contribution in [3.63, 3.8) is 0 Å². The molecular weight excluding hydrogens is 244 g/mol. The van der Waals surface area contributed by atoms with Crippen molar-refractivity contribution < 1.29 is 14.3 Å². The highest BCUT2D eigenvalue weighted by atomic mass is 16.5. The summed E-state index contributed by atoms with van der Waals surface area (Å²) in [4.78, 5) is 26.5. The topological polar surface area (TPSA) is 58.6 Å². The molecule has 0 aromatic heterocycles. The minimum atomic E-state index is -0.440. The summed E-state index contributed by atoms with van der Waals surface area (Å²) in [7, 11) is 1.60. The average molecular weight is 270 g/mol. The molecular formula is C14H26N2O3. The highest BCUT2D eigenvalue weighted by Crippen LogP contribution is 2.28. The Morgan fingerprint density at radius 3 is 2.32 bits per heavy atom. The number of carbonyl (C=O) groups excluding carboxylic acids is 2. The van der Waals surface area contributed by atoms with Gasteiger partial charge in [0.15, 0.2) is 0 Å². The number of methoxy groups -OCH3 is 1. The SMILES string of the molecule is COCCN1C(=O)C(C(C)C)NC(=O)C1C(C)(C)C. The third-order valence-electron chi connectivity index (χ3n) is 3.43. The van der Waals surface area contributed by atoms with E-state index in [2.05, 4.69) is 5.32 Å². The maximum Gasteiger partial charge on any atom is 0.246 e. The molecule has 1 aliphatic rings. The molecule has 0 aliphatic carbocycles. The van der Waals surface area contributed by atoms with Gasteiger partial charge in [-0.2, -0.15) is 0 Å². The number of amides is 2. The fourth-order valence-electron chi connectivity index (χ4n) is 2.48. The number of piperazine rings is 1. The maximum absolute atomic E-state index is 12.5. The van der Waals surface area contributed by atoms with Crippen molar-refractivity contribution in [1.29, 1.82) is 0 Å². The Hall–Kier alpha value is -1.10. The van der Waals surface area contributed by atoms with E-state index in [0.717, 1.165) is 0 Å². The predicted molar refractivity (Wildman–Crippen MR) is 73.6 cm³/mol. The van der Waals surface area contributed by atoms with Crippen molar-refractivity contribution in [3.8, 4) is 0 Å². The largest absolute Gasteiger partial charge is 0.383 e. The quantitative estimate of drug-likeness (QED) is 0.830. The molecule has 1 saturated heterocycles. The van der Waals surface area contributed by atoms with Crippen LogP contribution in [0.5, 0.6) is 0 Å². The van der Waals surface area contributed by atoms with Crippen molar-refractivity contribution in [3.05, 3.63) is 0 Å². The van der Waals surface area contributed by atoms with Gasteiger partial charge in [-0.1, -0.05) is 34.6 Å². The molecule has 0 saturated carbocycles. The number of hydrogen-bond acceptors (Lipinski definition) is 3. The van der Waals surface area contributed by atoms with Gasteiger partial charge in [0.25, 0.3) is 0 Å². The van der Waals surface area contributed by atoms with Crippen LogP contribution >= 0.6 is 0 Å². The molecule has 0 aromatic carbocycles. The van der Waals surface area contributed by atoms with E-state index in [1.165, 1.54) is 0 Å². The van der Waals surface area contributed by atoms with Crippen LogP contribution in [0.1, 0.15) is 34.6 Å². The fraction of sp³-hybridized carbons (Fsp3) is 0.857. The third kappa shape index (κ3) is 3.47. The van der Waals surface area contributed by atoms with Gasteiger partial charge < -0.3 is 15.0 Å². The van der Waals surface area contributed by atoms with Crippen molar-refractivity contribution in [2.24, 2.45) is 11.3 Å². The summed E-state index contributed by atoms with van der Waals surface area (Å²) in [6.07, 6.45) is 0. The summed E-state index contributed by atoms with van der Waals surface area (Å²) in [5, 5.41) is 2.86. The van der Waals surface area contributed by atoms with Gasteiger partial charge in [0, 0.05) is 13.7 Å². The second kappa shape index (κ2) is 5.90. The Kier molecular flexibility index (Phi) is 4.96. The Labute approximate surface area is 115 Å². The van der Waals surface area contributed by atoms with E-state index in [0.29, 0.717) is 13.2 Å². The molecule has 5 heteroatoms. The molecule has 2 unspecified atom stereocenters. The van der Waals surface area contributed by atoms with Gasteiger partial charge in [0.1, 0.15) is 12.1 Å². The van der Waals surface area contributed by atoms with Gasteiger partial charge in [-0.3, -0.25) is 9.59 Å². The summed E-state index contributed by atoms with van der Waals surface area (Å²) in [6, 6.07) is -0.867. The molecule has 0 bridgehead atoms. The first-order valence-corrected chi connectivity index (χ1v) is 6.80. The fourth-order valence-corrected chi connectivity index (χ4v) is 2.48. The van der Waals surface area contributed by atoms with E-state index in [4.69, 9.17) is 4.74 Å². The lowest BCUT2D eigenvalue weighted by Gasteiger charge is -2.45. The molecule has 0 radical (unpaired) electrons. The third-order valence-corrected chi connectivity index (χ3v) is 3.43. The molecule has 2 amide bonds. The van der Waals surface area contributed by atoms with Gasteiger partial charge in [0.2, 0.25) is 11.8 Å². The number of nitrogens with one attached hydrogen (secondary N) is 1. The normalized spacial score (nSPS) is 24.9. The monoisotopic (exact) mass is 270 g/mol. The smallest absolute Gasteiger partial charge is 0.246 e. The average Bonchev–Trinajstić information content (AvgIpc) is 2.27. The van der Waals surface area contributed by atoms with E-state index in [-0.39, 0.29) is 23.1 Å². The van der Waals surface area contributed by atoms with Crippen molar-refractivity contribution in [2.45, 2.75) is 46.7 Å². The van der Waals surface area contributed by atoms with E-state index in [1.54, 1.807) is 12.0 Å². The molecule has 19 heavy (non-hydrogen) atoms. The van der Waals surface area contributed by atoms with Crippen LogP contribution in [0, 0.1) is 11.3 Å². The van der Waals surface area contributed by atoms with Crippen LogP contribution in [0.25, 0.3) is 0 Å². The van der Waals surface area contributed by atoms with Crippen LogP contribution < -0.4 is 5.32 Å². The summed E-state index contributed by atoms with van der Waals surface area (Å²) < 4.78 is 5.06. The van der Waals surface area contributed by atoms with Crippen LogP contribution in [-0.2, 0) is 14.3 Å². The molecule has 5 nitrogen and oxygen atoms in total. The van der Waals surface area contributed by atoms with Gasteiger partial charge in [-0.25, -0.2) is 0 Å². The zero-order valence-corrected chi connectivity index (χ0v) is 12.8. The Morgan fingerprint density at radius 2 is 1.89 bits per heavy atom. The zero-order valence-electron chi connectivity index (χ0n) is 12.8. The number of hydrogen-bond donors (Lipinski definition) is 1. The molecule has 1 aliphatic heterocycles. The van der Waals surface area contributed by atoms with Crippen molar-refractivity contribution >= 4 is 11.8 Å². The first kappa shape index (κ1) is 16.0. The number of carbonyl (C=O) groups is 2. The summed E-state index contributed by atoms with van der Waals surface area (Å²) in [5.41, 5.74) is -0.296. The first-order chi connectivity index (χ1) is 8.70. The lowest BCUT2D eigenvalue weighted by Crippen LogP contribution is -2.68. The van der Waals surface area contributed by atoms with Crippen LogP contribution in [0.15, 0.2) is 0 Å². The Bertz CT molecular complexity index is 347. The maximum atomic E-state index is 12.5. The molecule has 110 valence electrons. The van der Waals surface area contributed by atoms with E-state index in [1.807, 2.05) is 34.6 Å². The predicted octanol–water partition coefficient (Wildman–Crippen LogP) is 1.03. The van der Waals surface area contributed by atoms with E-state index in [9.17, 15) is 9.59 Å². The summed E-state index contributed by atoms with van der Waals surface area (Å²) in [6.45, 7) is 10.7. The molecule has 1 N–H and O–H groups in total. The van der Waals surface area contributed by atoms with Gasteiger partial charge in [0.05, 0.1) is 6.61 Å². The van der Waals surface area contributed by atoms with E-state index >= 15 is 0 Å². The van der Waals surface area contributed by atoms with E-state index < -0.39 is 12.1 Å². The molecule has 0 spiro atoms. The minimum Gasteiger partial charge on any atom is -0.383 e. The highest BCUT2D eigenvalue weighted by molar-refractivity contribution is 5.97. The summed E-state index contributed by atoms with van der Waals surface area (Å²) >= 11 is 0. The van der Waals surface area contributed by atoms with Crippen LogP contribution in [0.4, 0.5) is 0 Å². The van der Waals surface area contributed by atoms with Gasteiger partial charge >= 0.3 is 0 Å². The molecule has 2 atom stereocenters. The molecule has 1 rings (SSSR count). The Morgan fingerprint density at radius 1 is 1.32 bits per heavy atom. The van der Waals surface area contributed by atoms with Crippen molar-refractivity contribution in [2.75, 3.05) is 20.3 Å². The van der Waals surface area contributed by atoms with Crippen LogP contribution in [-0.4, -0.2) is 49.1 Å². The minimum absolute atomic E-state index is 0.00780. The molecule has 1 heterocycles. The van der Waals surface area contributed by atoms with Crippen LogP contribution in [0.2, 0.25) is 0 Å². The molecule has 0 aromatic rings. The van der Waals surface area contributed by atoms with Crippen molar-refractivity contribution in [1.82, 2.24) is 10.2 Å². The van der Waals surface area contributed by atoms with Crippen LogP contribution in [0.3, 0.4) is 0 Å². The lowest BCUT2D eigenvalue weighted by atomic mass is 9.82. The van der Waals surface area contributed by atoms with Gasteiger partial charge in [-0.15, -0.1) is 0 Å². The second-order valence-electron chi connectivity index (χ2n) is 6.52. The van der Waals surface area contributed by atoms with Gasteiger partial charge in [-0.05, 0) is 11.3 Å². The number of nitrogens with zero attached hydrogens (tertiary/aromatic N) is 1. The standard InChI is InChI=1S/C14H26N2O3/c1-9(2)10-13(18)16(7-8-19-6)11(12(17)15-10)14(3,4)5/h9-11H,7-8H2,1-6H3,(H,15,17).